The van der Waals surface area contributed by atoms with Gasteiger partial charge in [0.2, 0.25) is 11.5 Å². The molecule has 2 heterocycles. The summed E-state index contributed by atoms with van der Waals surface area (Å²) in [6.07, 6.45) is 0.149. The van der Waals surface area contributed by atoms with Crippen molar-refractivity contribution in [2.45, 2.75) is 19.9 Å². The van der Waals surface area contributed by atoms with E-state index in [2.05, 4.69) is 10.3 Å². The molecule has 2 aromatic heterocycles. The Balaban J connectivity index is 1.80. The average Bonchev–Trinajstić information content (AvgIpc) is 2.82. The minimum absolute atomic E-state index is 0.149. The van der Waals surface area contributed by atoms with E-state index >= 15 is 0 Å². The van der Waals surface area contributed by atoms with Crippen LogP contribution in [0.15, 0.2) is 46.0 Å². The smallest absolute Gasteiger partial charge is 0.309 e. The molecule has 0 fully saturated rings. The Morgan fingerprint density at radius 3 is 2.74 bits per heavy atom. The lowest BCUT2D eigenvalue weighted by molar-refractivity contribution is -0.116. The van der Waals surface area contributed by atoms with Gasteiger partial charge in [0.25, 0.3) is 0 Å². The molecule has 7 heteroatoms. The number of benzene rings is 1. The maximum atomic E-state index is 12.1. The number of thiazole rings is 1. The van der Waals surface area contributed by atoms with E-state index in [9.17, 15) is 14.4 Å². The lowest BCUT2D eigenvalue weighted by Crippen LogP contribution is -2.20. The Bertz CT molecular complexity index is 970. The number of pyridine rings is 1. The van der Waals surface area contributed by atoms with Gasteiger partial charge < -0.3 is 10.3 Å². The molecular formula is C16H15N3O3S. The summed E-state index contributed by atoms with van der Waals surface area (Å²) in [5.41, 5.74) is 1.70. The van der Waals surface area contributed by atoms with Crippen LogP contribution in [0.25, 0.3) is 10.3 Å². The van der Waals surface area contributed by atoms with E-state index in [1.165, 1.54) is 10.6 Å². The molecule has 0 radical (unpaired) electrons. The number of nitrogens with zero attached hydrogens (tertiary/aromatic N) is 1. The van der Waals surface area contributed by atoms with Crippen molar-refractivity contribution in [2.24, 2.45) is 0 Å². The number of hydrogen-bond donors (Lipinski definition) is 2. The van der Waals surface area contributed by atoms with Crippen molar-refractivity contribution in [1.29, 1.82) is 0 Å². The second kappa shape index (κ2) is 6.21. The number of carbonyl (C=O) groups excluding carboxylic acids is 1. The van der Waals surface area contributed by atoms with Gasteiger partial charge in [-0.1, -0.05) is 29.5 Å². The maximum Gasteiger partial charge on any atom is 0.309 e. The van der Waals surface area contributed by atoms with Gasteiger partial charge in [0, 0.05) is 24.7 Å². The number of aromatic nitrogens is 2. The first kappa shape index (κ1) is 15.2. The number of H-pyrrole nitrogens is 1. The van der Waals surface area contributed by atoms with E-state index in [1.807, 2.05) is 18.2 Å². The predicted molar refractivity (Wildman–Crippen MR) is 91.1 cm³/mol. The zero-order chi connectivity index (χ0) is 16.4. The Labute approximate surface area is 135 Å². The minimum atomic E-state index is -0.254. The highest BCUT2D eigenvalue weighted by atomic mass is 32.1. The first-order valence-corrected chi connectivity index (χ1v) is 7.94. The Kier molecular flexibility index (Phi) is 4.12. The van der Waals surface area contributed by atoms with Gasteiger partial charge in [-0.05, 0) is 24.6 Å². The lowest BCUT2D eigenvalue weighted by atomic mass is 10.3. The molecule has 3 rings (SSSR count). The van der Waals surface area contributed by atoms with Gasteiger partial charge in [0.15, 0.2) is 0 Å². The third-order valence-corrected chi connectivity index (χ3v) is 4.58. The molecule has 0 saturated carbocycles. The molecular weight excluding hydrogens is 314 g/mol. The summed E-state index contributed by atoms with van der Waals surface area (Å²) in [7, 11) is 0. The molecule has 0 saturated heterocycles. The summed E-state index contributed by atoms with van der Waals surface area (Å²) in [6.45, 7) is 2.01. The van der Waals surface area contributed by atoms with Crippen molar-refractivity contribution in [3.05, 3.63) is 62.0 Å². The SMILES string of the molecule is Cc1cc(=O)[nH]c2c1sc(=O)n2CCC(=O)Nc1ccccc1. The molecule has 23 heavy (non-hydrogen) atoms. The van der Waals surface area contributed by atoms with E-state index in [1.54, 1.807) is 19.1 Å². The second-order valence-electron chi connectivity index (χ2n) is 5.18. The van der Waals surface area contributed by atoms with Crippen LogP contribution < -0.4 is 15.7 Å². The fourth-order valence-corrected chi connectivity index (χ4v) is 3.32. The van der Waals surface area contributed by atoms with Crippen molar-refractivity contribution >= 4 is 33.3 Å². The third-order valence-electron chi connectivity index (χ3n) is 3.46. The zero-order valence-electron chi connectivity index (χ0n) is 12.5. The molecule has 0 aliphatic carbocycles. The monoisotopic (exact) mass is 329 g/mol. The van der Waals surface area contributed by atoms with Crippen LogP contribution >= 0.6 is 11.3 Å². The summed E-state index contributed by atoms with van der Waals surface area (Å²) >= 11 is 1.08. The summed E-state index contributed by atoms with van der Waals surface area (Å²) in [5, 5.41) is 2.77. The van der Waals surface area contributed by atoms with E-state index < -0.39 is 0 Å². The molecule has 0 unspecified atom stereocenters. The average molecular weight is 329 g/mol. The summed E-state index contributed by atoms with van der Waals surface area (Å²) < 4.78 is 2.19. The van der Waals surface area contributed by atoms with E-state index in [-0.39, 0.29) is 29.3 Å². The minimum Gasteiger partial charge on any atom is -0.326 e. The highest BCUT2D eigenvalue weighted by Crippen LogP contribution is 2.17. The molecule has 2 N–H and O–H groups in total. The number of hydrogen-bond acceptors (Lipinski definition) is 4. The van der Waals surface area contributed by atoms with Crippen molar-refractivity contribution in [3.63, 3.8) is 0 Å². The van der Waals surface area contributed by atoms with Crippen LogP contribution in [0, 0.1) is 6.92 Å². The van der Waals surface area contributed by atoms with Crippen LogP contribution in [0.2, 0.25) is 0 Å². The molecule has 3 aromatic rings. The highest BCUT2D eigenvalue weighted by Gasteiger charge is 2.12. The van der Waals surface area contributed by atoms with Crippen molar-refractivity contribution in [3.8, 4) is 0 Å². The zero-order valence-corrected chi connectivity index (χ0v) is 13.3. The number of aryl methyl sites for hydroxylation is 2. The Morgan fingerprint density at radius 2 is 2.00 bits per heavy atom. The number of carbonyl (C=O) groups is 1. The van der Waals surface area contributed by atoms with Gasteiger partial charge in [-0.3, -0.25) is 19.0 Å². The van der Waals surface area contributed by atoms with Crippen molar-refractivity contribution in [1.82, 2.24) is 9.55 Å². The molecule has 1 aromatic carbocycles. The Morgan fingerprint density at radius 1 is 1.26 bits per heavy atom. The number of aromatic amines is 1. The molecule has 0 bridgehead atoms. The normalized spacial score (nSPS) is 10.8. The fraction of sp³-hybridized carbons (Fsp3) is 0.188. The van der Waals surface area contributed by atoms with Gasteiger partial charge in [0.1, 0.15) is 5.65 Å². The van der Waals surface area contributed by atoms with E-state index in [0.717, 1.165) is 21.6 Å². The summed E-state index contributed by atoms with van der Waals surface area (Å²) in [4.78, 5) is 38.2. The Hall–Kier alpha value is -2.67. The largest absolute Gasteiger partial charge is 0.326 e. The molecule has 0 aliphatic heterocycles. The maximum absolute atomic E-state index is 12.1. The predicted octanol–water partition coefficient (Wildman–Crippen LogP) is 2.09. The van der Waals surface area contributed by atoms with E-state index in [4.69, 9.17) is 0 Å². The van der Waals surface area contributed by atoms with Crippen LogP contribution in [-0.2, 0) is 11.3 Å². The van der Waals surface area contributed by atoms with Crippen molar-refractivity contribution < 1.29 is 4.79 Å². The van der Waals surface area contributed by atoms with Gasteiger partial charge in [-0.15, -0.1) is 0 Å². The van der Waals surface area contributed by atoms with Crippen LogP contribution in [0.5, 0.6) is 0 Å². The van der Waals surface area contributed by atoms with Gasteiger partial charge in [-0.2, -0.15) is 0 Å². The molecule has 0 atom stereocenters. The van der Waals surface area contributed by atoms with Gasteiger partial charge in [-0.25, -0.2) is 0 Å². The standard InChI is InChI=1S/C16H15N3O3S/c1-10-9-13(21)18-15-14(10)23-16(22)19(15)8-7-12(20)17-11-5-3-2-4-6-11/h2-6,9H,7-8H2,1H3,(H,17,20)(H,18,21). The van der Waals surface area contributed by atoms with Gasteiger partial charge in [0.05, 0.1) is 4.70 Å². The lowest BCUT2D eigenvalue weighted by Gasteiger charge is -2.06. The number of anilines is 1. The van der Waals surface area contributed by atoms with Crippen LogP contribution in [-0.4, -0.2) is 15.5 Å². The number of para-hydroxylation sites is 1. The number of amides is 1. The van der Waals surface area contributed by atoms with Crippen molar-refractivity contribution in [2.75, 3.05) is 5.32 Å². The molecule has 6 nitrogen and oxygen atoms in total. The second-order valence-corrected chi connectivity index (χ2v) is 6.14. The van der Waals surface area contributed by atoms with Crippen LogP contribution in [0.4, 0.5) is 5.69 Å². The topological polar surface area (TPSA) is 84.0 Å². The number of fused-ring (bicyclic) bond motifs is 1. The third kappa shape index (κ3) is 3.24. The first-order chi connectivity index (χ1) is 11.0. The quantitative estimate of drug-likeness (QED) is 0.769. The van der Waals surface area contributed by atoms with E-state index in [0.29, 0.717) is 11.3 Å². The molecule has 1 amide bonds. The fourth-order valence-electron chi connectivity index (χ4n) is 2.37. The number of nitrogens with one attached hydrogen (secondary N) is 2. The van der Waals surface area contributed by atoms with Crippen LogP contribution in [0.3, 0.4) is 0 Å². The van der Waals surface area contributed by atoms with Gasteiger partial charge >= 0.3 is 4.87 Å². The first-order valence-electron chi connectivity index (χ1n) is 7.13. The summed E-state index contributed by atoms with van der Waals surface area (Å²) in [5.74, 6) is -0.183. The number of rotatable bonds is 4. The summed E-state index contributed by atoms with van der Waals surface area (Å²) in [6, 6.07) is 10.6. The molecule has 0 aliphatic rings. The highest BCUT2D eigenvalue weighted by molar-refractivity contribution is 7.16. The molecule has 0 spiro atoms. The van der Waals surface area contributed by atoms with Crippen LogP contribution in [0.1, 0.15) is 12.0 Å². The molecule has 118 valence electrons.